The molecule has 3 aromatic carbocycles. The molecule has 162 valence electrons. The van der Waals surface area contributed by atoms with Gasteiger partial charge in [-0.3, -0.25) is 14.9 Å². The number of nitro benzene ring substituents is 1. The predicted octanol–water partition coefficient (Wildman–Crippen LogP) is 3.77. The summed E-state index contributed by atoms with van der Waals surface area (Å²) in [5.41, 5.74) is 3.84. The number of hydrogen-bond acceptors (Lipinski definition) is 6. The van der Waals surface area contributed by atoms with Crippen molar-refractivity contribution in [3.8, 4) is 11.5 Å². The summed E-state index contributed by atoms with van der Waals surface area (Å²) in [5, 5.41) is 25.2. The number of rotatable bonds is 7. The maximum Gasteiger partial charge on any atom is 0.323 e. The molecule has 0 spiro atoms. The van der Waals surface area contributed by atoms with E-state index < -0.39 is 16.0 Å². The maximum atomic E-state index is 12.9. The van der Waals surface area contributed by atoms with Crippen molar-refractivity contribution >= 4 is 17.8 Å². The number of hydrazone groups is 1. The number of carbonyl (C=O) groups excluding carboxylic acids is 1. The molecule has 4 rings (SSSR count). The Morgan fingerprint density at radius 2 is 1.72 bits per heavy atom. The van der Waals surface area contributed by atoms with Crippen molar-refractivity contribution in [1.82, 2.24) is 5.43 Å². The SMILES string of the molecule is COc1c(O)ccc(C=NNC(=O)C2CC2(c2ccccc2)c2ccccc2)c1[N+](=O)[O-]. The van der Waals surface area contributed by atoms with Crippen molar-refractivity contribution in [3.05, 3.63) is 99.6 Å². The van der Waals surface area contributed by atoms with Crippen LogP contribution in [0, 0.1) is 16.0 Å². The van der Waals surface area contributed by atoms with E-state index in [1.807, 2.05) is 60.7 Å². The van der Waals surface area contributed by atoms with Gasteiger partial charge in [0.2, 0.25) is 11.7 Å². The fraction of sp³-hybridized carbons (Fsp3) is 0.167. The third-order valence-corrected chi connectivity index (χ3v) is 5.76. The van der Waals surface area contributed by atoms with Crippen LogP contribution in [0.2, 0.25) is 0 Å². The summed E-state index contributed by atoms with van der Waals surface area (Å²) in [6.45, 7) is 0. The second kappa shape index (κ2) is 8.50. The van der Waals surface area contributed by atoms with Crippen LogP contribution in [0.5, 0.6) is 11.5 Å². The number of nitrogens with zero attached hydrogens (tertiary/aromatic N) is 2. The van der Waals surface area contributed by atoms with Gasteiger partial charge in [0.15, 0.2) is 5.75 Å². The summed E-state index contributed by atoms with van der Waals surface area (Å²) in [5.74, 6) is -1.22. The lowest BCUT2D eigenvalue weighted by atomic mass is 9.85. The Kier molecular flexibility index (Phi) is 5.59. The Morgan fingerprint density at radius 1 is 1.12 bits per heavy atom. The third-order valence-electron chi connectivity index (χ3n) is 5.76. The first-order valence-corrected chi connectivity index (χ1v) is 9.97. The number of amides is 1. The van der Waals surface area contributed by atoms with E-state index in [1.165, 1.54) is 25.5 Å². The van der Waals surface area contributed by atoms with Gasteiger partial charge in [-0.05, 0) is 29.7 Å². The second-order valence-electron chi connectivity index (χ2n) is 7.51. The van der Waals surface area contributed by atoms with Gasteiger partial charge in [-0.1, -0.05) is 60.7 Å². The molecule has 0 heterocycles. The van der Waals surface area contributed by atoms with Gasteiger partial charge in [0, 0.05) is 5.41 Å². The van der Waals surface area contributed by atoms with E-state index >= 15 is 0 Å². The molecule has 1 amide bonds. The van der Waals surface area contributed by atoms with Gasteiger partial charge in [-0.2, -0.15) is 5.10 Å². The zero-order chi connectivity index (χ0) is 22.7. The molecule has 0 bridgehead atoms. The highest BCUT2D eigenvalue weighted by atomic mass is 16.6. The van der Waals surface area contributed by atoms with Crippen LogP contribution in [0.3, 0.4) is 0 Å². The number of ether oxygens (including phenoxy) is 1. The Morgan fingerprint density at radius 3 is 2.25 bits per heavy atom. The molecular formula is C24H21N3O5. The highest BCUT2D eigenvalue weighted by Gasteiger charge is 2.60. The number of hydrogen-bond donors (Lipinski definition) is 2. The molecular weight excluding hydrogens is 410 g/mol. The van der Waals surface area contributed by atoms with Gasteiger partial charge in [-0.25, -0.2) is 5.43 Å². The van der Waals surface area contributed by atoms with Crippen LogP contribution in [-0.2, 0) is 10.2 Å². The van der Waals surface area contributed by atoms with Gasteiger partial charge in [0.05, 0.1) is 29.7 Å². The molecule has 1 atom stereocenters. The zero-order valence-corrected chi connectivity index (χ0v) is 17.3. The summed E-state index contributed by atoms with van der Waals surface area (Å²) in [4.78, 5) is 23.7. The molecule has 1 aliphatic carbocycles. The predicted molar refractivity (Wildman–Crippen MR) is 119 cm³/mol. The average Bonchev–Trinajstić information content (AvgIpc) is 3.58. The second-order valence-corrected chi connectivity index (χ2v) is 7.51. The number of nitrogens with one attached hydrogen (secondary N) is 1. The standard InChI is InChI=1S/C24H21N3O5/c1-32-22-20(28)13-12-16(21(22)27(30)31)15-25-26-23(29)19-14-24(19,17-8-4-2-5-9-17)18-10-6-3-7-11-18/h2-13,15,19,28H,14H2,1H3,(H,26,29). The fourth-order valence-corrected chi connectivity index (χ4v) is 4.17. The highest BCUT2D eigenvalue weighted by Crippen LogP contribution is 2.58. The van der Waals surface area contributed by atoms with Crippen LogP contribution in [-0.4, -0.2) is 29.3 Å². The van der Waals surface area contributed by atoms with Gasteiger partial charge >= 0.3 is 5.69 Å². The molecule has 8 nitrogen and oxygen atoms in total. The average molecular weight is 431 g/mol. The van der Waals surface area contributed by atoms with Crippen molar-refractivity contribution in [2.24, 2.45) is 11.0 Å². The van der Waals surface area contributed by atoms with Crippen LogP contribution in [0.1, 0.15) is 23.1 Å². The third kappa shape index (κ3) is 3.66. The lowest BCUT2D eigenvalue weighted by molar-refractivity contribution is -0.386. The highest BCUT2D eigenvalue weighted by molar-refractivity contribution is 5.90. The Labute approximate surface area is 184 Å². The van der Waals surface area contributed by atoms with Crippen molar-refractivity contribution in [2.45, 2.75) is 11.8 Å². The van der Waals surface area contributed by atoms with Crippen LogP contribution in [0.4, 0.5) is 5.69 Å². The summed E-state index contributed by atoms with van der Waals surface area (Å²) in [6.07, 6.45) is 1.81. The molecule has 0 aliphatic heterocycles. The minimum atomic E-state index is -0.668. The van der Waals surface area contributed by atoms with E-state index in [2.05, 4.69) is 10.5 Å². The number of nitro groups is 1. The molecule has 3 aromatic rings. The monoisotopic (exact) mass is 431 g/mol. The van der Waals surface area contributed by atoms with E-state index in [0.717, 1.165) is 11.1 Å². The topological polar surface area (TPSA) is 114 Å². The molecule has 1 aliphatic rings. The zero-order valence-electron chi connectivity index (χ0n) is 17.3. The number of aromatic hydroxyl groups is 1. The molecule has 0 aromatic heterocycles. The minimum absolute atomic E-state index is 0.0955. The molecule has 2 N–H and O–H groups in total. The number of phenols is 1. The van der Waals surface area contributed by atoms with Crippen LogP contribution in [0.15, 0.2) is 77.9 Å². The Hall–Kier alpha value is -4.20. The summed E-state index contributed by atoms with van der Waals surface area (Å²) in [7, 11) is 1.23. The summed E-state index contributed by atoms with van der Waals surface area (Å²) >= 11 is 0. The molecule has 1 unspecified atom stereocenters. The van der Waals surface area contributed by atoms with Gasteiger partial charge in [0.25, 0.3) is 0 Å². The van der Waals surface area contributed by atoms with Crippen LogP contribution >= 0.6 is 0 Å². The molecule has 1 saturated carbocycles. The molecule has 8 heteroatoms. The lowest BCUT2D eigenvalue weighted by Gasteiger charge is -2.18. The van der Waals surface area contributed by atoms with Gasteiger partial charge < -0.3 is 9.84 Å². The Bertz CT molecular complexity index is 1140. The van der Waals surface area contributed by atoms with E-state index in [4.69, 9.17) is 4.74 Å². The van der Waals surface area contributed by atoms with Gasteiger partial charge in [-0.15, -0.1) is 0 Å². The normalized spacial score (nSPS) is 16.5. The van der Waals surface area contributed by atoms with E-state index in [0.29, 0.717) is 6.42 Å². The first-order valence-electron chi connectivity index (χ1n) is 9.97. The van der Waals surface area contributed by atoms with E-state index in [9.17, 15) is 20.0 Å². The smallest absolute Gasteiger partial charge is 0.323 e. The van der Waals surface area contributed by atoms with E-state index in [1.54, 1.807) is 0 Å². The molecule has 0 saturated heterocycles. The lowest BCUT2D eigenvalue weighted by Crippen LogP contribution is -2.25. The number of methoxy groups -OCH3 is 1. The van der Waals surface area contributed by atoms with Gasteiger partial charge in [0.1, 0.15) is 0 Å². The molecule has 32 heavy (non-hydrogen) atoms. The molecule has 1 fully saturated rings. The minimum Gasteiger partial charge on any atom is -0.504 e. The Balaban J connectivity index is 1.57. The largest absolute Gasteiger partial charge is 0.504 e. The number of carbonyl (C=O) groups is 1. The first-order chi connectivity index (χ1) is 15.5. The van der Waals surface area contributed by atoms with Crippen molar-refractivity contribution in [3.63, 3.8) is 0 Å². The molecule has 0 radical (unpaired) electrons. The van der Waals surface area contributed by atoms with Crippen molar-refractivity contribution in [2.75, 3.05) is 7.11 Å². The maximum absolute atomic E-state index is 12.9. The van der Waals surface area contributed by atoms with Crippen molar-refractivity contribution < 1.29 is 19.6 Å². The number of benzene rings is 3. The number of phenolic OH excluding ortho intramolecular Hbond substituents is 1. The van der Waals surface area contributed by atoms with Crippen molar-refractivity contribution in [1.29, 1.82) is 0 Å². The fourth-order valence-electron chi connectivity index (χ4n) is 4.17. The van der Waals surface area contributed by atoms with E-state index in [-0.39, 0.29) is 28.9 Å². The van der Waals surface area contributed by atoms with Crippen LogP contribution in [0.25, 0.3) is 0 Å². The summed E-state index contributed by atoms with van der Waals surface area (Å²) in [6, 6.07) is 22.3. The van der Waals surface area contributed by atoms with Crippen LogP contribution < -0.4 is 10.2 Å². The quantitative estimate of drug-likeness (QED) is 0.336. The first kappa shape index (κ1) is 21.0. The summed E-state index contributed by atoms with van der Waals surface area (Å²) < 4.78 is 4.94.